The fraction of sp³-hybridized carbons (Fsp3) is 0.565. The molecule has 0 bridgehead atoms. The quantitative estimate of drug-likeness (QED) is 0.727. The Morgan fingerprint density at radius 3 is 2.77 bits per heavy atom. The molecule has 1 fully saturated rings. The molecule has 0 spiro atoms. The topological polar surface area (TPSA) is 79.6 Å². The van der Waals surface area contributed by atoms with Crippen molar-refractivity contribution >= 4 is 11.7 Å². The van der Waals surface area contributed by atoms with Crippen LogP contribution in [0.2, 0.25) is 0 Å². The van der Waals surface area contributed by atoms with Crippen LogP contribution < -0.4 is 10.1 Å². The molecule has 1 aromatic carbocycles. The predicted octanol–water partition coefficient (Wildman–Crippen LogP) is 3.32. The first-order chi connectivity index (χ1) is 14.3. The summed E-state index contributed by atoms with van der Waals surface area (Å²) in [5, 5.41) is 18.2. The summed E-state index contributed by atoms with van der Waals surface area (Å²) < 4.78 is 7.70. The molecule has 7 nitrogen and oxygen atoms in total. The van der Waals surface area contributed by atoms with Gasteiger partial charge in [-0.2, -0.15) is 5.10 Å². The Hall–Kier alpha value is -2.38. The van der Waals surface area contributed by atoms with Crippen LogP contribution in [0, 0.1) is 13.8 Å². The molecule has 1 amide bonds. The van der Waals surface area contributed by atoms with Crippen molar-refractivity contribution in [1.82, 2.24) is 14.7 Å². The van der Waals surface area contributed by atoms with Crippen molar-refractivity contribution in [3.8, 4) is 5.75 Å². The lowest BCUT2D eigenvalue weighted by Gasteiger charge is -2.27. The lowest BCUT2D eigenvalue weighted by molar-refractivity contribution is -0.117. The summed E-state index contributed by atoms with van der Waals surface area (Å²) in [5.41, 5.74) is 1.53. The van der Waals surface area contributed by atoms with E-state index in [0.29, 0.717) is 31.7 Å². The molecule has 2 heterocycles. The third-order valence-electron chi connectivity index (χ3n) is 5.79. The minimum Gasteiger partial charge on any atom is -0.491 e. The monoisotopic (exact) mass is 414 g/mol. The van der Waals surface area contributed by atoms with Crippen LogP contribution in [0.3, 0.4) is 0 Å². The number of likely N-dealkylation sites (tertiary alicyclic amines) is 1. The van der Waals surface area contributed by atoms with Gasteiger partial charge in [0.1, 0.15) is 18.2 Å². The van der Waals surface area contributed by atoms with Gasteiger partial charge >= 0.3 is 0 Å². The Morgan fingerprint density at radius 2 is 2.03 bits per heavy atom. The molecule has 1 aliphatic heterocycles. The van der Waals surface area contributed by atoms with Crippen LogP contribution >= 0.6 is 0 Å². The third-order valence-corrected chi connectivity index (χ3v) is 5.79. The van der Waals surface area contributed by atoms with Crippen molar-refractivity contribution in [3.05, 3.63) is 41.6 Å². The van der Waals surface area contributed by atoms with Gasteiger partial charge < -0.3 is 15.2 Å². The first-order valence-corrected chi connectivity index (χ1v) is 10.7. The second-order valence-electron chi connectivity index (χ2n) is 8.69. The van der Waals surface area contributed by atoms with Crippen LogP contribution in [-0.4, -0.2) is 57.5 Å². The first kappa shape index (κ1) is 22.3. The van der Waals surface area contributed by atoms with Gasteiger partial charge in [0, 0.05) is 18.7 Å². The number of amides is 1. The number of aryl methyl sites for hydroxylation is 2. The molecule has 1 unspecified atom stereocenters. The SMILES string of the molecule is Cc1ccc(OCC2(O)CCCN(CC(=O)Nc3ccnn3C(C)C)CC2)cc1C. The molecule has 0 saturated carbocycles. The van der Waals surface area contributed by atoms with Gasteiger partial charge in [-0.3, -0.25) is 9.69 Å². The Morgan fingerprint density at radius 1 is 1.23 bits per heavy atom. The maximum absolute atomic E-state index is 12.5. The van der Waals surface area contributed by atoms with Gasteiger partial charge in [0.25, 0.3) is 0 Å². The molecule has 0 radical (unpaired) electrons. The number of hydrogen-bond donors (Lipinski definition) is 2. The van der Waals surface area contributed by atoms with Crippen LogP contribution in [0.4, 0.5) is 5.82 Å². The number of nitrogens with zero attached hydrogens (tertiary/aromatic N) is 3. The second-order valence-corrected chi connectivity index (χ2v) is 8.69. The summed E-state index contributed by atoms with van der Waals surface area (Å²) in [6.07, 6.45) is 3.76. The number of hydrogen-bond acceptors (Lipinski definition) is 5. The maximum Gasteiger partial charge on any atom is 0.239 e. The van der Waals surface area contributed by atoms with Gasteiger partial charge in [-0.1, -0.05) is 6.07 Å². The molecule has 2 aromatic rings. The molecule has 3 rings (SSSR count). The average Bonchev–Trinajstić information content (AvgIpc) is 3.07. The first-order valence-electron chi connectivity index (χ1n) is 10.7. The number of rotatable bonds is 7. The van der Waals surface area contributed by atoms with E-state index in [0.717, 1.165) is 18.7 Å². The molecule has 1 aromatic heterocycles. The molecular formula is C23H34N4O3. The van der Waals surface area contributed by atoms with E-state index >= 15 is 0 Å². The van der Waals surface area contributed by atoms with E-state index in [1.807, 2.05) is 38.1 Å². The molecular weight excluding hydrogens is 380 g/mol. The number of ether oxygens (including phenoxy) is 1. The highest BCUT2D eigenvalue weighted by atomic mass is 16.5. The van der Waals surface area contributed by atoms with Crippen LogP contribution in [0.1, 0.15) is 50.3 Å². The standard InChI is InChI=1S/C23H34N4O3/c1-17(2)27-21(8-11-24-27)25-22(28)15-26-12-5-9-23(29,10-13-26)16-30-20-7-6-18(3)19(4)14-20/h6-8,11,14,17,29H,5,9-10,12-13,15-16H2,1-4H3,(H,25,28). The molecule has 1 aliphatic rings. The normalized spacial score (nSPS) is 20.2. The number of aromatic nitrogens is 2. The molecule has 7 heteroatoms. The highest BCUT2D eigenvalue weighted by molar-refractivity contribution is 5.91. The van der Waals surface area contributed by atoms with Crippen LogP contribution in [0.5, 0.6) is 5.75 Å². The minimum atomic E-state index is -0.875. The van der Waals surface area contributed by atoms with E-state index in [1.165, 1.54) is 11.1 Å². The second kappa shape index (κ2) is 9.62. The highest BCUT2D eigenvalue weighted by Gasteiger charge is 2.31. The zero-order valence-electron chi connectivity index (χ0n) is 18.5. The molecule has 0 aliphatic carbocycles. The number of carbonyl (C=O) groups excluding carboxylic acids is 1. The Bertz CT molecular complexity index is 864. The van der Waals surface area contributed by atoms with Crippen molar-refractivity contribution in [1.29, 1.82) is 0 Å². The van der Waals surface area contributed by atoms with E-state index < -0.39 is 5.60 Å². The summed E-state index contributed by atoms with van der Waals surface area (Å²) in [5.74, 6) is 1.44. The summed E-state index contributed by atoms with van der Waals surface area (Å²) in [7, 11) is 0. The fourth-order valence-corrected chi connectivity index (χ4v) is 3.77. The van der Waals surface area contributed by atoms with E-state index in [4.69, 9.17) is 4.74 Å². The van der Waals surface area contributed by atoms with Crippen molar-refractivity contribution in [2.75, 3.05) is 31.6 Å². The van der Waals surface area contributed by atoms with Crippen molar-refractivity contribution in [2.24, 2.45) is 0 Å². The summed E-state index contributed by atoms with van der Waals surface area (Å²) in [6.45, 7) is 10.2. The summed E-state index contributed by atoms with van der Waals surface area (Å²) in [4.78, 5) is 14.6. The van der Waals surface area contributed by atoms with Crippen LogP contribution in [0.25, 0.3) is 0 Å². The predicted molar refractivity (Wildman–Crippen MR) is 118 cm³/mol. The largest absolute Gasteiger partial charge is 0.491 e. The Kier molecular flexibility index (Phi) is 7.15. The van der Waals surface area contributed by atoms with Crippen molar-refractivity contribution in [2.45, 2.75) is 58.6 Å². The number of nitrogens with one attached hydrogen (secondary N) is 1. The lowest BCUT2D eigenvalue weighted by Crippen LogP contribution is -2.38. The van der Waals surface area contributed by atoms with Gasteiger partial charge in [0.2, 0.25) is 5.91 Å². The smallest absolute Gasteiger partial charge is 0.239 e. The zero-order chi connectivity index (χ0) is 21.7. The van der Waals surface area contributed by atoms with Gasteiger partial charge in [0.15, 0.2) is 0 Å². The van der Waals surface area contributed by atoms with Crippen LogP contribution in [-0.2, 0) is 4.79 Å². The molecule has 30 heavy (non-hydrogen) atoms. The number of anilines is 1. The summed E-state index contributed by atoms with van der Waals surface area (Å²) in [6, 6.07) is 7.98. The molecule has 164 valence electrons. The van der Waals surface area contributed by atoms with Crippen molar-refractivity contribution in [3.63, 3.8) is 0 Å². The van der Waals surface area contributed by atoms with Gasteiger partial charge in [0.05, 0.1) is 18.3 Å². The molecule has 2 N–H and O–H groups in total. The maximum atomic E-state index is 12.5. The van der Waals surface area contributed by atoms with E-state index in [9.17, 15) is 9.90 Å². The third kappa shape index (κ3) is 5.83. The summed E-state index contributed by atoms with van der Waals surface area (Å²) >= 11 is 0. The fourth-order valence-electron chi connectivity index (χ4n) is 3.77. The van der Waals surface area contributed by atoms with Gasteiger partial charge in [-0.25, -0.2) is 4.68 Å². The Labute approximate surface area is 179 Å². The van der Waals surface area contributed by atoms with E-state index in [-0.39, 0.29) is 18.6 Å². The number of aliphatic hydroxyl groups is 1. The zero-order valence-corrected chi connectivity index (χ0v) is 18.5. The Balaban J connectivity index is 1.50. The van der Waals surface area contributed by atoms with Crippen LogP contribution in [0.15, 0.2) is 30.5 Å². The number of carbonyl (C=O) groups is 1. The molecule has 1 atom stereocenters. The number of benzene rings is 1. The lowest BCUT2D eigenvalue weighted by atomic mass is 9.96. The highest BCUT2D eigenvalue weighted by Crippen LogP contribution is 2.25. The average molecular weight is 415 g/mol. The van der Waals surface area contributed by atoms with Gasteiger partial charge in [-0.15, -0.1) is 0 Å². The minimum absolute atomic E-state index is 0.0609. The van der Waals surface area contributed by atoms with E-state index in [2.05, 4.69) is 29.2 Å². The van der Waals surface area contributed by atoms with Gasteiger partial charge in [-0.05, 0) is 76.8 Å². The van der Waals surface area contributed by atoms with E-state index in [1.54, 1.807) is 10.9 Å². The van der Waals surface area contributed by atoms with Crippen molar-refractivity contribution < 1.29 is 14.6 Å². The molecule has 1 saturated heterocycles.